The van der Waals surface area contributed by atoms with Crippen LogP contribution in [0.5, 0.6) is 0 Å². The number of alkyl halides is 1. The Hall–Kier alpha value is -7.00. The highest BCUT2D eigenvalue weighted by Gasteiger charge is 2.54. The van der Waals surface area contributed by atoms with Crippen molar-refractivity contribution in [2.45, 2.75) is 36.8 Å². The molecule has 2 aromatic heterocycles. The van der Waals surface area contributed by atoms with Crippen molar-refractivity contribution in [1.29, 1.82) is 0 Å². The lowest BCUT2D eigenvalue weighted by Gasteiger charge is -2.33. The molecule has 55 heavy (non-hydrogen) atoms. The van der Waals surface area contributed by atoms with E-state index in [2.05, 4.69) is 15.0 Å². The summed E-state index contributed by atoms with van der Waals surface area (Å²) in [6.07, 6.45) is -9.11. The fraction of sp³-hybridized carbons (Fsp3) is 0.175. The average molecular weight is 746 g/mol. The quantitative estimate of drug-likeness (QED) is 0.143. The van der Waals surface area contributed by atoms with E-state index in [1.165, 1.54) is 59.4 Å². The number of nitrogen functional groups attached to an aromatic ring is 1. The molecule has 6 aromatic rings. The zero-order valence-corrected chi connectivity index (χ0v) is 28.8. The van der Waals surface area contributed by atoms with E-state index in [9.17, 15) is 19.2 Å². The van der Waals surface area contributed by atoms with Crippen molar-refractivity contribution < 1.29 is 47.3 Å². The highest BCUT2D eigenvalue weighted by atomic mass is 19.1. The number of rotatable bonds is 10. The van der Waals surface area contributed by atoms with E-state index in [4.69, 9.17) is 29.4 Å². The van der Waals surface area contributed by atoms with Crippen LogP contribution in [-0.2, 0) is 23.7 Å². The summed E-state index contributed by atoms with van der Waals surface area (Å²) < 4.78 is 48.8. The number of esters is 4. The molecule has 1 fully saturated rings. The molecule has 0 aliphatic carbocycles. The van der Waals surface area contributed by atoms with Gasteiger partial charge in [-0.05, 0) is 48.5 Å². The van der Waals surface area contributed by atoms with Gasteiger partial charge in [-0.25, -0.2) is 38.5 Å². The maximum atomic E-state index is 17.6. The number of anilines is 1. The van der Waals surface area contributed by atoms with Crippen LogP contribution in [0.2, 0.25) is 0 Å². The summed E-state index contributed by atoms with van der Waals surface area (Å²) in [6.45, 7) is -0.661. The summed E-state index contributed by atoms with van der Waals surface area (Å²) in [7, 11) is 0. The third kappa shape index (κ3) is 8.01. The number of carbonyl (C=O) groups is 4. The fourth-order valence-electron chi connectivity index (χ4n) is 6.01. The second-order valence-corrected chi connectivity index (χ2v) is 12.3. The van der Waals surface area contributed by atoms with Gasteiger partial charge in [0.1, 0.15) is 24.6 Å². The maximum absolute atomic E-state index is 17.6. The van der Waals surface area contributed by atoms with Crippen molar-refractivity contribution in [1.82, 2.24) is 19.5 Å². The van der Waals surface area contributed by atoms with Crippen LogP contribution < -0.4 is 5.73 Å². The first kappa shape index (κ1) is 36.4. The van der Waals surface area contributed by atoms with Gasteiger partial charge in [0.05, 0.1) is 28.6 Å². The number of carbonyl (C=O) groups excluding carboxylic acids is 4. The highest BCUT2D eigenvalue weighted by molar-refractivity contribution is 5.91. The van der Waals surface area contributed by atoms with Crippen LogP contribution >= 0.6 is 0 Å². The van der Waals surface area contributed by atoms with Crippen molar-refractivity contribution in [3.05, 3.63) is 156 Å². The zero-order chi connectivity index (χ0) is 38.3. The summed E-state index contributed by atoms with van der Waals surface area (Å²) in [5.41, 5.74) is 6.55. The highest BCUT2D eigenvalue weighted by Crippen LogP contribution is 2.37. The molecule has 1 aliphatic heterocycles. The van der Waals surface area contributed by atoms with Crippen molar-refractivity contribution in [3.63, 3.8) is 0 Å². The lowest BCUT2D eigenvalue weighted by Crippen LogP contribution is -2.52. The Balaban J connectivity index is 1.37. The predicted molar refractivity (Wildman–Crippen MR) is 192 cm³/mol. The van der Waals surface area contributed by atoms with Crippen molar-refractivity contribution in [2.75, 3.05) is 12.3 Å². The molecule has 278 valence electrons. The van der Waals surface area contributed by atoms with Gasteiger partial charge in [-0.3, -0.25) is 4.57 Å². The minimum absolute atomic E-state index is 0.0162. The van der Waals surface area contributed by atoms with Crippen LogP contribution in [-0.4, -0.2) is 80.6 Å². The molecule has 4 aromatic carbocycles. The number of fused-ring (bicyclic) bond motifs is 1. The van der Waals surface area contributed by atoms with E-state index in [0.717, 1.165) is 6.33 Å². The minimum atomic E-state index is -2.39. The number of ether oxygens (including phenoxy) is 5. The summed E-state index contributed by atoms with van der Waals surface area (Å²) >= 11 is 0. The van der Waals surface area contributed by atoms with Gasteiger partial charge in [0, 0.05) is 0 Å². The van der Waals surface area contributed by atoms with Crippen molar-refractivity contribution >= 4 is 40.9 Å². The minimum Gasteiger partial charge on any atom is -0.459 e. The van der Waals surface area contributed by atoms with Gasteiger partial charge in [-0.1, -0.05) is 72.8 Å². The van der Waals surface area contributed by atoms with Crippen LogP contribution in [0.4, 0.5) is 10.2 Å². The lowest BCUT2D eigenvalue weighted by atomic mass is 9.99. The van der Waals surface area contributed by atoms with Gasteiger partial charge >= 0.3 is 23.9 Å². The Morgan fingerprint density at radius 3 is 1.58 bits per heavy atom. The predicted octanol–water partition coefficient (Wildman–Crippen LogP) is 5.18. The summed E-state index contributed by atoms with van der Waals surface area (Å²) in [4.78, 5) is 67.0. The molecule has 3 heterocycles. The number of nitrogens with two attached hydrogens (primary N) is 1. The number of hydrogen-bond donors (Lipinski definition) is 1. The van der Waals surface area contributed by atoms with Gasteiger partial charge in [-0.2, -0.15) is 0 Å². The topological polar surface area (TPSA) is 184 Å². The molecular formula is C40H32FN5O9. The van der Waals surface area contributed by atoms with Crippen molar-refractivity contribution in [3.8, 4) is 0 Å². The average Bonchev–Trinajstić information content (AvgIpc) is 3.63. The van der Waals surface area contributed by atoms with Gasteiger partial charge in [0.15, 0.2) is 42.2 Å². The molecule has 2 N–H and O–H groups in total. The molecule has 1 aliphatic rings. The smallest absolute Gasteiger partial charge is 0.338 e. The Kier molecular flexibility index (Phi) is 10.8. The molecule has 7 rings (SSSR count). The second kappa shape index (κ2) is 16.3. The Morgan fingerprint density at radius 1 is 0.618 bits per heavy atom. The van der Waals surface area contributed by atoms with Crippen LogP contribution in [0.3, 0.4) is 0 Å². The number of hydrogen-bond acceptors (Lipinski definition) is 13. The van der Waals surface area contributed by atoms with Gasteiger partial charge < -0.3 is 29.4 Å². The number of halogens is 1. The molecule has 0 amide bonds. The first-order chi connectivity index (χ1) is 26.8. The standard InChI is InChI=1S/C40H32FN5O9/c41-29-32(54-39(49)26-17-9-3-10-18-26)33(55-40(50)27-19-11-4-12-20-27)31(53-38(48)25-15-7-2-8-16-25)28(21-51-37(47)24-13-5-1-6-14-24)52-36(29)46-23-45-30-34(42)43-22-44-35(30)46/h1-20,22-23,28-29,31-33,36H,21H2,(H2,42,43,44)/t28-,29+,31-,32+,33-,36-/m1/s1. The molecule has 1 saturated heterocycles. The number of imidazole rings is 1. The van der Waals surface area contributed by atoms with Gasteiger partial charge in [0.25, 0.3) is 0 Å². The van der Waals surface area contributed by atoms with Crippen LogP contribution in [0.25, 0.3) is 11.2 Å². The normalized spacial score (nSPS) is 20.8. The summed E-state index contributed by atoms with van der Waals surface area (Å²) in [5.74, 6) is -3.68. The Morgan fingerprint density at radius 2 is 1.07 bits per heavy atom. The van der Waals surface area contributed by atoms with E-state index in [1.54, 1.807) is 72.8 Å². The molecule has 0 radical (unpaired) electrons. The summed E-state index contributed by atoms with van der Waals surface area (Å²) in [5, 5.41) is 0. The SMILES string of the molecule is Nc1ncnc2c1ncn2[C@@H]1O[C@H](COC(=O)c2ccccc2)[C@@H](OC(=O)c2ccccc2)[C@@H](OC(=O)c2ccccc2)[C@@H](OC(=O)c2ccccc2)[C@@H]1F. The Bertz CT molecular complexity index is 2280. The largest absolute Gasteiger partial charge is 0.459 e. The van der Waals surface area contributed by atoms with Crippen LogP contribution in [0, 0.1) is 0 Å². The molecule has 0 bridgehead atoms. The van der Waals surface area contributed by atoms with Gasteiger partial charge in [0.2, 0.25) is 0 Å². The van der Waals surface area contributed by atoms with Crippen molar-refractivity contribution in [2.24, 2.45) is 0 Å². The molecule has 0 spiro atoms. The van der Waals surface area contributed by atoms with E-state index in [1.807, 2.05) is 0 Å². The molecule has 0 unspecified atom stereocenters. The number of aromatic nitrogens is 4. The van der Waals surface area contributed by atoms with Crippen LogP contribution in [0.1, 0.15) is 47.7 Å². The molecule has 15 heteroatoms. The van der Waals surface area contributed by atoms with E-state index < -0.39 is 67.3 Å². The lowest BCUT2D eigenvalue weighted by molar-refractivity contribution is -0.142. The second-order valence-electron chi connectivity index (χ2n) is 12.3. The molecule has 6 atom stereocenters. The zero-order valence-electron chi connectivity index (χ0n) is 28.8. The van der Waals surface area contributed by atoms with Crippen LogP contribution in [0.15, 0.2) is 134 Å². The number of benzene rings is 4. The monoisotopic (exact) mass is 745 g/mol. The summed E-state index contributed by atoms with van der Waals surface area (Å²) in [6, 6.07) is 31.4. The first-order valence-electron chi connectivity index (χ1n) is 17.0. The van der Waals surface area contributed by atoms with E-state index >= 15 is 4.39 Å². The third-order valence-electron chi connectivity index (χ3n) is 8.72. The molecular weight excluding hydrogens is 713 g/mol. The van der Waals surface area contributed by atoms with E-state index in [0.29, 0.717) is 0 Å². The molecule has 0 saturated carbocycles. The number of nitrogens with zero attached hydrogens (tertiary/aromatic N) is 4. The fourth-order valence-corrected chi connectivity index (χ4v) is 6.01. The first-order valence-corrected chi connectivity index (χ1v) is 17.0. The van der Waals surface area contributed by atoms with Gasteiger partial charge in [-0.15, -0.1) is 0 Å². The Labute approximate surface area is 312 Å². The molecule has 14 nitrogen and oxygen atoms in total. The van der Waals surface area contributed by atoms with E-state index in [-0.39, 0.29) is 39.2 Å². The maximum Gasteiger partial charge on any atom is 0.338 e. The third-order valence-corrected chi connectivity index (χ3v) is 8.72.